The molecule has 0 unspecified atom stereocenters. The van der Waals surface area contributed by atoms with Crippen LogP contribution in [0.2, 0.25) is 0 Å². The third kappa shape index (κ3) is 3.34. The van der Waals surface area contributed by atoms with Crippen LogP contribution in [-0.4, -0.2) is 19.9 Å². The number of benzene rings is 4. The largest absolute Gasteiger partial charge is 0.378 e. The number of anilines is 1. The molecule has 0 aromatic heterocycles. The standard InChI is InChI=1S/C25H21NO/c1-26(2)21-13-11-18(12-14-21)25(27)16-15-24-22-9-5-3-7-19(22)17-20-8-4-6-10-23(20)24/h3-17H,1-2H3. The predicted molar refractivity (Wildman–Crippen MR) is 116 cm³/mol. The second-order valence-corrected chi connectivity index (χ2v) is 6.87. The van der Waals surface area contributed by atoms with Crippen LogP contribution in [0.4, 0.5) is 5.69 Å². The minimum absolute atomic E-state index is 0.0114. The minimum atomic E-state index is 0.0114. The van der Waals surface area contributed by atoms with E-state index in [9.17, 15) is 4.79 Å². The lowest BCUT2D eigenvalue weighted by Gasteiger charge is -2.12. The van der Waals surface area contributed by atoms with Crippen molar-refractivity contribution in [2.45, 2.75) is 0 Å². The number of nitrogens with zero attached hydrogens (tertiary/aromatic N) is 1. The number of rotatable bonds is 4. The van der Waals surface area contributed by atoms with Crippen molar-refractivity contribution in [2.24, 2.45) is 0 Å². The van der Waals surface area contributed by atoms with Gasteiger partial charge in [-0.25, -0.2) is 0 Å². The van der Waals surface area contributed by atoms with Crippen LogP contribution in [0.3, 0.4) is 0 Å². The molecule has 4 aromatic rings. The number of ketones is 1. The molecule has 2 nitrogen and oxygen atoms in total. The van der Waals surface area contributed by atoms with E-state index in [2.05, 4.69) is 30.3 Å². The third-order valence-corrected chi connectivity index (χ3v) is 4.88. The molecule has 0 bridgehead atoms. The lowest BCUT2D eigenvalue weighted by Crippen LogP contribution is -2.08. The average Bonchev–Trinajstić information content (AvgIpc) is 2.71. The quantitative estimate of drug-likeness (QED) is 0.257. The van der Waals surface area contributed by atoms with Gasteiger partial charge in [-0.3, -0.25) is 4.79 Å². The van der Waals surface area contributed by atoms with Crippen molar-refractivity contribution in [1.29, 1.82) is 0 Å². The summed E-state index contributed by atoms with van der Waals surface area (Å²) >= 11 is 0. The molecule has 0 aliphatic rings. The van der Waals surface area contributed by atoms with E-state index in [0.717, 1.165) is 22.0 Å². The molecule has 132 valence electrons. The maximum Gasteiger partial charge on any atom is 0.185 e. The molecule has 0 atom stereocenters. The molecule has 27 heavy (non-hydrogen) atoms. The van der Waals surface area contributed by atoms with Crippen molar-refractivity contribution >= 4 is 39.1 Å². The van der Waals surface area contributed by atoms with E-state index in [1.807, 2.05) is 73.6 Å². The van der Waals surface area contributed by atoms with Gasteiger partial charge in [0.15, 0.2) is 5.78 Å². The predicted octanol–water partition coefficient (Wildman–Crippen LogP) is 5.96. The third-order valence-electron chi connectivity index (χ3n) is 4.88. The van der Waals surface area contributed by atoms with E-state index in [4.69, 9.17) is 0 Å². The Labute approximate surface area is 159 Å². The van der Waals surface area contributed by atoms with Crippen molar-refractivity contribution in [3.8, 4) is 0 Å². The number of allylic oxidation sites excluding steroid dienone is 1. The lowest BCUT2D eigenvalue weighted by molar-refractivity contribution is 0.104. The summed E-state index contributed by atoms with van der Waals surface area (Å²) < 4.78 is 0. The molecular weight excluding hydrogens is 330 g/mol. The van der Waals surface area contributed by atoms with Gasteiger partial charge in [0.1, 0.15) is 0 Å². The van der Waals surface area contributed by atoms with Crippen molar-refractivity contribution in [2.75, 3.05) is 19.0 Å². The second-order valence-electron chi connectivity index (χ2n) is 6.87. The van der Waals surface area contributed by atoms with Crippen LogP contribution < -0.4 is 4.90 Å². The van der Waals surface area contributed by atoms with E-state index < -0.39 is 0 Å². The summed E-state index contributed by atoms with van der Waals surface area (Å²) in [7, 11) is 3.98. The Morgan fingerprint density at radius 1 is 0.778 bits per heavy atom. The molecule has 0 fully saturated rings. The Morgan fingerprint density at radius 3 is 1.89 bits per heavy atom. The first-order valence-electron chi connectivity index (χ1n) is 9.04. The maximum absolute atomic E-state index is 12.7. The molecule has 4 rings (SSSR count). The van der Waals surface area contributed by atoms with Crippen molar-refractivity contribution < 1.29 is 4.79 Å². The van der Waals surface area contributed by atoms with Gasteiger partial charge in [0.2, 0.25) is 0 Å². The Morgan fingerprint density at radius 2 is 1.33 bits per heavy atom. The first-order chi connectivity index (χ1) is 13.1. The van der Waals surface area contributed by atoms with Crippen molar-refractivity contribution in [1.82, 2.24) is 0 Å². The number of fused-ring (bicyclic) bond motifs is 2. The molecule has 0 amide bonds. The summed E-state index contributed by atoms with van der Waals surface area (Å²) in [5.41, 5.74) is 2.86. The number of carbonyl (C=O) groups excluding carboxylic acids is 1. The van der Waals surface area contributed by atoms with E-state index >= 15 is 0 Å². The van der Waals surface area contributed by atoms with E-state index in [-0.39, 0.29) is 5.78 Å². The molecular formula is C25H21NO. The van der Waals surface area contributed by atoms with Gasteiger partial charge in [-0.2, -0.15) is 0 Å². The van der Waals surface area contributed by atoms with Crippen LogP contribution in [0, 0.1) is 0 Å². The van der Waals surface area contributed by atoms with Gasteiger partial charge >= 0.3 is 0 Å². The summed E-state index contributed by atoms with van der Waals surface area (Å²) in [5.74, 6) is 0.0114. The highest BCUT2D eigenvalue weighted by Gasteiger charge is 2.07. The zero-order valence-electron chi connectivity index (χ0n) is 15.5. The van der Waals surface area contributed by atoms with Crippen molar-refractivity contribution in [3.63, 3.8) is 0 Å². The minimum Gasteiger partial charge on any atom is -0.378 e. The Bertz CT molecular complexity index is 1100. The molecule has 0 radical (unpaired) electrons. The average molecular weight is 351 g/mol. The smallest absolute Gasteiger partial charge is 0.185 e. The molecule has 0 heterocycles. The summed E-state index contributed by atoms with van der Waals surface area (Å²) in [4.78, 5) is 14.7. The van der Waals surface area contributed by atoms with Crippen LogP contribution in [0.5, 0.6) is 0 Å². The maximum atomic E-state index is 12.7. The highest BCUT2D eigenvalue weighted by Crippen LogP contribution is 2.29. The van der Waals surface area contributed by atoms with Crippen LogP contribution in [-0.2, 0) is 0 Å². The van der Waals surface area contributed by atoms with E-state index in [0.29, 0.717) is 5.56 Å². The van der Waals surface area contributed by atoms with E-state index in [1.54, 1.807) is 6.08 Å². The molecule has 0 aliphatic heterocycles. The van der Waals surface area contributed by atoms with Gasteiger partial charge in [0, 0.05) is 25.3 Å². The number of hydrogen-bond donors (Lipinski definition) is 0. The fraction of sp³-hybridized carbons (Fsp3) is 0.0800. The fourth-order valence-electron chi connectivity index (χ4n) is 3.41. The summed E-state index contributed by atoms with van der Waals surface area (Å²) in [6.45, 7) is 0. The topological polar surface area (TPSA) is 20.3 Å². The van der Waals surface area contributed by atoms with Gasteiger partial charge in [-0.1, -0.05) is 48.5 Å². The number of hydrogen-bond acceptors (Lipinski definition) is 2. The number of carbonyl (C=O) groups is 1. The van der Waals surface area contributed by atoms with Crippen molar-refractivity contribution in [3.05, 3.63) is 96.1 Å². The summed E-state index contributed by atoms with van der Waals surface area (Å²) in [6, 6.07) is 26.5. The Balaban J connectivity index is 1.76. The van der Waals surface area contributed by atoms with Crippen LogP contribution in [0.15, 0.2) is 84.9 Å². The zero-order chi connectivity index (χ0) is 18.8. The highest BCUT2D eigenvalue weighted by atomic mass is 16.1. The van der Waals surface area contributed by atoms with Crippen LogP contribution in [0.1, 0.15) is 15.9 Å². The second kappa shape index (κ2) is 7.08. The first kappa shape index (κ1) is 17.0. The molecule has 4 aromatic carbocycles. The monoisotopic (exact) mass is 351 g/mol. The van der Waals surface area contributed by atoms with Crippen LogP contribution in [0.25, 0.3) is 27.6 Å². The highest BCUT2D eigenvalue weighted by molar-refractivity contribution is 6.11. The SMILES string of the molecule is CN(C)c1ccc(C(=O)C=Cc2c3ccccc3cc3ccccc23)cc1. The molecule has 0 N–H and O–H groups in total. The summed E-state index contributed by atoms with van der Waals surface area (Å²) in [5, 5.41) is 4.67. The van der Waals surface area contributed by atoms with Gasteiger partial charge in [-0.05, 0) is 69.6 Å². The summed E-state index contributed by atoms with van der Waals surface area (Å²) in [6.07, 6.45) is 3.63. The molecule has 2 heteroatoms. The first-order valence-corrected chi connectivity index (χ1v) is 9.04. The van der Waals surface area contributed by atoms with Gasteiger partial charge in [0.25, 0.3) is 0 Å². The zero-order valence-corrected chi connectivity index (χ0v) is 15.5. The normalized spacial score (nSPS) is 11.3. The van der Waals surface area contributed by atoms with Gasteiger partial charge in [0.05, 0.1) is 0 Å². The molecule has 0 saturated heterocycles. The molecule has 0 spiro atoms. The lowest BCUT2D eigenvalue weighted by atomic mass is 9.96. The Kier molecular flexibility index (Phi) is 4.47. The fourth-order valence-corrected chi connectivity index (χ4v) is 3.41. The Hall–Kier alpha value is -3.39. The van der Waals surface area contributed by atoms with Gasteiger partial charge < -0.3 is 4.90 Å². The van der Waals surface area contributed by atoms with Crippen LogP contribution >= 0.6 is 0 Å². The van der Waals surface area contributed by atoms with Gasteiger partial charge in [-0.15, -0.1) is 0 Å². The molecule has 0 saturated carbocycles. The van der Waals surface area contributed by atoms with E-state index in [1.165, 1.54) is 10.8 Å². The molecule has 0 aliphatic carbocycles.